The van der Waals surface area contributed by atoms with E-state index in [2.05, 4.69) is 10.3 Å². The molecule has 0 aliphatic rings. The highest BCUT2D eigenvalue weighted by Crippen LogP contribution is 2.32. The number of carbonyl (C=O) groups excluding carboxylic acids is 2. The standard InChI is InChI=1S/C16H12F3N3O.C2HF3O2/c17-16(18,19)14(11-6-2-1-3-7-11)21-15(23)13-12-8-4-5-9-22(12)10-20-13;3-2(4,5)1(6)7/h1-10,14H,(H,21,23);(H,6,7). The van der Waals surface area contributed by atoms with Crippen LogP contribution in [-0.4, -0.2) is 29.2 Å². The Morgan fingerprint density at radius 3 is 2.07 bits per heavy atom. The van der Waals surface area contributed by atoms with Crippen LogP contribution in [0.3, 0.4) is 0 Å². The Morgan fingerprint density at radius 2 is 1.53 bits per heavy atom. The maximum Gasteiger partial charge on any atom is 0.430 e. The molecule has 0 saturated heterocycles. The lowest BCUT2D eigenvalue weighted by atomic mass is 10.1. The first kappa shape index (κ1) is 22.7. The number of carboxylic acids is 1. The molecule has 30 heavy (non-hydrogen) atoms. The van der Waals surface area contributed by atoms with E-state index in [0.29, 0.717) is 5.52 Å². The molecular weight excluding hydrogens is 420 g/mol. The second kappa shape index (κ2) is 8.84. The molecular formula is C18H13F6N3O3. The van der Waals surface area contributed by atoms with Gasteiger partial charge in [-0.25, -0.2) is 9.38 Å². The van der Waals surface area contributed by atoms with Gasteiger partial charge in [-0.2, -0.15) is 26.3 Å². The lowest BCUT2D eigenvalue weighted by Crippen LogP contribution is -2.38. The number of aromatic nitrogens is 2. The maximum atomic E-state index is 13.3. The van der Waals surface area contributed by atoms with E-state index in [1.54, 1.807) is 34.9 Å². The topological polar surface area (TPSA) is 89.1 Å². The minimum absolute atomic E-state index is 0.0168. The molecule has 160 valence electrons. The molecule has 1 atom stereocenters. The molecule has 2 heterocycles. The summed E-state index contributed by atoms with van der Waals surface area (Å²) in [6.45, 7) is 0. The number of alkyl halides is 6. The average Bonchev–Trinajstić information content (AvgIpc) is 3.10. The zero-order valence-electron chi connectivity index (χ0n) is 14.8. The number of hydrogen-bond acceptors (Lipinski definition) is 3. The number of benzene rings is 1. The van der Waals surface area contributed by atoms with Gasteiger partial charge in [0.1, 0.15) is 5.97 Å². The third-order valence-electron chi connectivity index (χ3n) is 3.69. The van der Waals surface area contributed by atoms with Crippen molar-refractivity contribution in [3.05, 3.63) is 72.3 Å². The summed E-state index contributed by atoms with van der Waals surface area (Å²) >= 11 is 0. The van der Waals surface area contributed by atoms with Gasteiger partial charge in [-0.15, -0.1) is 0 Å². The number of fused-ring (bicyclic) bond motifs is 1. The van der Waals surface area contributed by atoms with Gasteiger partial charge in [0.15, 0.2) is 11.6 Å². The van der Waals surface area contributed by atoms with Crippen LogP contribution in [0.4, 0.5) is 26.3 Å². The molecule has 3 rings (SSSR count). The van der Waals surface area contributed by atoms with Crippen molar-refractivity contribution in [2.75, 3.05) is 0 Å². The molecule has 0 fully saturated rings. The van der Waals surface area contributed by atoms with E-state index in [-0.39, 0.29) is 11.3 Å². The van der Waals surface area contributed by atoms with Crippen LogP contribution >= 0.6 is 0 Å². The maximum absolute atomic E-state index is 13.3. The fourth-order valence-corrected chi connectivity index (χ4v) is 2.37. The van der Waals surface area contributed by atoms with Crippen molar-refractivity contribution < 1.29 is 45.4 Å². The van der Waals surface area contributed by atoms with Crippen molar-refractivity contribution in [2.24, 2.45) is 0 Å². The zero-order valence-corrected chi connectivity index (χ0v) is 14.8. The molecule has 2 aromatic heterocycles. The first-order valence-corrected chi connectivity index (χ1v) is 8.09. The van der Waals surface area contributed by atoms with E-state index in [1.807, 2.05) is 0 Å². The highest BCUT2D eigenvalue weighted by Gasteiger charge is 2.42. The van der Waals surface area contributed by atoms with Gasteiger partial charge in [0.25, 0.3) is 5.91 Å². The Hall–Kier alpha value is -3.57. The van der Waals surface area contributed by atoms with Crippen molar-refractivity contribution >= 4 is 17.4 Å². The number of hydrogen-bond donors (Lipinski definition) is 2. The molecule has 0 saturated carbocycles. The summed E-state index contributed by atoms with van der Waals surface area (Å²) in [5.41, 5.74) is 0.562. The Morgan fingerprint density at radius 1 is 0.967 bits per heavy atom. The molecule has 1 aromatic carbocycles. The van der Waals surface area contributed by atoms with Crippen LogP contribution < -0.4 is 14.8 Å². The van der Waals surface area contributed by atoms with E-state index < -0.39 is 30.3 Å². The molecule has 1 unspecified atom stereocenters. The Kier molecular flexibility index (Phi) is 6.70. The number of H-pyrrole nitrogens is 1. The number of aliphatic carboxylic acids is 1. The predicted molar refractivity (Wildman–Crippen MR) is 87.7 cm³/mol. The molecule has 0 spiro atoms. The lowest BCUT2D eigenvalue weighted by molar-refractivity contribution is -0.511. The van der Waals surface area contributed by atoms with Gasteiger partial charge in [0.2, 0.25) is 12.0 Å². The van der Waals surface area contributed by atoms with E-state index in [4.69, 9.17) is 9.90 Å². The minimum atomic E-state index is -5.19. The van der Waals surface area contributed by atoms with Crippen LogP contribution in [0, 0.1) is 0 Å². The van der Waals surface area contributed by atoms with Crippen LogP contribution in [0.1, 0.15) is 22.1 Å². The zero-order chi connectivity index (χ0) is 22.5. The van der Waals surface area contributed by atoms with Crippen LogP contribution in [-0.2, 0) is 4.79 Å². The third kappa shape index (κ3) is 5.72. The fourth-order valence-electron chi connectivity index (χ4n) is 2.37. The van der Waals surface area contributed by atoms with Gasteiger partial charge in [-0.05, 0) is 17.7 Å². The number of aromatic amines is 1. The van der Waals surface area contributed by atoms with Crippen LogP contribution in [0.5, 0.6) is 0 Å². The van der Waals surface area contributed by atoms with Crippen molar-refractivity contribution in [3.63, 3.8) is 0 Å². The lowest BCUT2D eigenvalue weighted by Gasteiger charge is -2.21. The summed E-state index contributed by atoms with van der Waals surface area (Å²) in [6, 6.07) is 10.3. The monoisotopic (exact) mass is 433 g/mol. The number of pyridine rings is 1. The minimum Gasteiger partial charge on any atom is -0.542 e. The Bertz CT molecular complexity index is 1020. The number of rotatable bonds is 3. The van der Waals surface area contributed by atoms with Gasteiger partial charge in [0.05, 0.1) is 6.20 Å². The smallest absolute Gasteiger partial charge is 0.430 e. The third-order valence-corrected chi connectivity index (χ3v) is 3.69. The quantitative estimate of drug-likeness (QED) is 0.490. The molecule has 1 amide bonds. The van der Waals surface area contributed by atoms with E-state index in [0.717, 1.165) is 0 Å². The van der Waals surface area contributed by atoms with Gasteiger partial charge in [-0.3, -0.25) is 4.79 Å². The second-order valence-electron chi connectivity index (χ2n) is 5.79. The van der Waals surface area contributed by atoms with E-state index >= 15 is 0 Å². The number of carbonyl (C=O) groups is 2. The number of nitrogens with zero attached hydrogens (tertiary/aromatic N) is 1. The predicted octanol–water partition coefficient (Wildman–Crippen LogP) is 2.09. The first-order valence-electron chi connectivity index (χ1n) is 8.09. The molecule has 0 aliphatic carbocycles. The summed E-state index contributed by atoms with van der Waals surface area (Å²) in [5, 5.41) is 10.8. The summed E-state index contributed by atoms with van der Waals surface area (Å²) < 4.78 is 73.0. The van der Waals surface area contributed by atoms with Crippen molar-refractivity contribution in [3.8, 4) is 0 Å². The van der Waals surface area contributed by atoms with Crippen molar-refractivity contribution in [1.29, 1.82) is 0 Å². The highest BCUT2D eigenvalue weighted by molar-refractivity contribution is 5.98. The molecule has 2 N–H and O–H groups in total. The van der Waals surface area contributed by atoms with Crippen molar-refractivity contribution in [2.45, 2.75) is 18.4 Å². The number of amides is 1. The molecule has 6 nitrogen and oxygen atoms in total. The molecule has 12 heteroatoms. The summed E-state index contributed by atoms with van der Waals surface area (Å²) in [7, 11) is 0. The average molecular weight is 433 g/mol. The summed E-state index contributed by atoms with van der Waals surface area (Å²) in [6.07, 6.45) is -6.58. The molecule has 0 aliphatic heterocycles. The van der Waals surface area contributed by atoms with Gasteiger partial charge < -0.3 is 15.2 Å². The number of carboxylic acid groups (broad SMARTS) is 1. The normalized spacial score (nSPS) is 12.6. The fraction of sp³-hybridized carbons (Fsp3) is 0.167. The summed E-state index contributed by atoms with van der Waals surface area (Å²) in [5.74, 6) is -3.82. The first-order chi connectivity index (χ1) is 13.9. The van der Waals surface area contributed by atoms with Crippen LogP contribution in [0.15, 0.2) is 61.1 Å². The SMILES string of the molecule is O=C(NC(c1ccccc1)C(F)(F)F)c1[nH]c[n+]2ccccc12.O=C([O-])C(F)(F)F. The van der Waals surface area contributed by atoms with Crippen LogP contribution in [0.25, 0.3) is 5.52 Å². The Balaban J connectivity index is 0.000000396. The van der Waals surface area contributed by atoms with Gasteiger partial charge in [0, 0.05) is 0 Å². The molecule has 3 aromatic rings. The van der Waals surface area contributed by atoms with E-state index in [9.17, 15) is 31.1 Å². The van der Waals surface area contributed by atoms with Gasteiger partial charge in [-0.1, -0.05) is 36.4 Å². The van der Waals surface area contributed by atoms with Gasteiger partial charge >= 0.3 is 12.4 Å². The molecule has 0 radical (unpaired) electrons. The largest absolute Gasteiger partial charge is 0.542 e. The van der Waals surface area contributed by atoms with Crippen molar-refractivity contribution in [1.82, 2.24) is 10.3 Å². The number of nitrogens with one attached hydrogen (secondary N) is 2. The summed E-state index contributed by atoms with van der Waals surface area (Å²) in [4.78, 5) is 23.8. The number of imidazole rings is 1. The van der Waals surface area contributed by atoms with E-state index in [1.165, 1.54) is 30.6 Å². The highest BCUT2D eigenvalue weighted by atomic mass is 19.4. The number of halogens is 6. The second-order valence-corrected chi connectivity index (χ2v) is 5.79. The molecule has 0 bridgehead atoms. The van der Waals surface area contributed by atoms with Crippen LogP contribution in [0.2, 0.25) is 0 Å². The Labute approximate surface area is 164 Å².